The third-order valence-electron chi connectivity index (χ3n) is 6.85. The van der Waals surface area contributed by atoms with Crippen molar-refractivity contribution in [3.05, 3.63) is 94.3 Å². The summed E-state index contributed by atoms with van der Waals surface area (Å²) in [7, 11) is 0. The molecule has 3 aromatic rings. The second kappa shape index (κ2) is 12.7. The van der Waals surface area contributed by atoms with Crippen LogP contribution >= 0.6 is 0 Å². The van der Waals surface area contributed by atoms with Gasteiger partial charge in [-0.15, -0.1) is 0 Å². The Balaban J connectivity index is 1.29. The number of carbonyl (C=O) groups excluding carboxylic acids is 3. The van der Waals surface area contributed by atoms with Crippen LogP contribution < -0.4 is 15.4 Å². The number of anilines is 1. The molecular formula is C30H30F3N3O4. The van der Waals surface area contributed by atoms with Crippen molar-refractivity contribution in [1.82, 2.24) is 10.2 Å². The van der Waals surface area contributed by atoms with Gasteiger partial charge in [0.1, 0.15) is 0 Å². The van der Waals surface area contributed by atoms with Crippen LogP contribution in [0.15, 0.2) is 54.6 Å². The first-order valence-electron chi connectivity index (χ1n) is 13.0. The Morgan fingerprint density at radius 1 is 0.925 bits per heavy atom. The summed E-state index contributed by atoms with van der Waals surface area (Å²) in [5, 5.41) is 5.17. The van der Waals surface area contributed by atoms with Crippen LogP contribution in [-0.4, -0.2) is 48.9 Å². The number of nitrogens with zero attached hydrogens (tertiary/aromatic N) is 1. The SMILES string of the molecule is CCOc1c(F)c(F)cc(C(=O)Nc2ccc(C3CCN(C(=O)CNC(=O)c4ccc(C)cc4)CC3)cc2)c1F. The zero-order valence-electron chi connectivity index (χ0n) is 22.2. The van der Waals surface area contributed by atoms with E-state index in [1.54, 1.807) is 29.2 Å². The molecule has 0 bridgehead atoms. The van der Waals surface area contributed by atoms with Crippen LogP contribution in [0.5, 0.6) is 5.75 Å². The summed E-state index contributed by atoms with van der Waals surface area (Å²) in [5.74, 6) is -6.26. The average Bonchev–Trinajstić information content (AvgIpc) is 2.96. The number of halogens is 3. The maximum absolute atomic E-state index is 14.6. The number of nitrogens with one attached hydrogen (secondary N) is 2. The van der Waals surface area contributed by atoms with Crippen molar-refractivity contribution >= 4 is 23.4 Å². The summed E-state index contributed by atoms with van der Waals surface area (Å²) in [6, 6.07) is 14.6. The molecule has 1 aliphatic rings. The second-order valence-corrected chi connectivity index (χ2v) is 9.58. The lowest BCUT2D eigenvalue weighted by atomic mass is 9.89. The van der Waals surface area contributed by atoms with E-state index in [4.69, 9.17) is 4.74 Å². The van der Waals surface area contributed by atoms with Crippen LogP contribution in [0.3, 0.4) is 0 Å². The first kappa shape index (κ1) is 28.7. The summed E-state index contributed by atoms with van der Waals surface area (Å²) >= 11 is 0. The molecule has 1 aliphatic heterocycles. The number of amides is 3. The molecule has 40 heavy (non-hydrogen) atoms. The van der Waals surface area contributed by atoms with Gasteiger partial charge in [-0.25, -0.2) is 8.78 Å². The number of likely N-dealkylation sites (tertiary alicyclic amines) is 1. The normalized spacial score (nSPS) is 13.6. The van der Waals surface area contributed by atoms with Gasteiger partial charge in [0.25, 0.3) is 11.8 Å². The zero-order chi connectivity index (χ0) is 28.8. The number of piperidine rings is 1. The van der Waals surface area contributed by atoms with E-state index in [0.29, 0.717) is 30.4 Å². The summed E-state index contributed by atoms with van der Waals surface area (Å²) in [5.41, 5.74) is 2.24. The van der Waals surface area contributed by atoms with Gasteiger partial charge in [0, 0.05) is 24.3 Å². The summed E-state index contributed by atoms with van der Waals surface area (Å²) in [6.45, 7) is 4.33. The largest absolute Gasteiger partial charge is 0.488 e. The molecule has 7 nitrogen and oxygen atoms in total. The molecule has 0 spiro atoms. The molecule has 10 heteroatoms. The number of hydrogen-bond donors (Lipinski definition) is 2. The molecule has 3 amide bonds. The Morgan fingerprint density at radius 2 is 1.57 bits per heavy atom. The van der Waals surface area contributed by atoms with E-state index >= 15 is 0 Å². The van der Waals surface area contributed by atoms with Crippen LogP contribution in [0.1, 0.15) is 57.5 Å². The molecule has 1 fully saturated rings. The fraction of sp³-hybridized carbons (Fsp3) is 0.300. The summed E-state index contributed by atoms with van der Waals surface area (Å²) in [4.78, 5) is 39.2. The topological polar surface area (TPSA) is 87.7 Å². The van der Waals surface area contributed by atoms with Gasteiger partial charge in [-0.2, -0.15) is 4.39 Å². The number of carbonyl (C=O) groups is 3. The monoisotopic (exact) mass is 553 g/mol. The van der Waals surface area contributed by atoms with Crippen molar-refractivity contribution in [2.24, 2.45) is 0 Å². The minimum absolute atomic E-state index is 0.0730. The zero-order valence-corrected chi connectivity index (χ0v) is 22.2. The van der Waals surface area contributed by atoms with E-state index in [0.717, 1.165) is 24.0 Å². The maximum Gasteiger partial charge on any atom is 0.258 e. The minimum atomic E-state index is -1.49. The van der Waals surface area contributed by atoms with Crippen molar-refractivity contribution in [3.8, 4) is 5.75 Å². The molecule has 2 N–H and O–H groups in total. The third-order valence-corrected chi connectivity index (χ3v) is 6.85. The predicted molar refractivity (Wildman–Crippen MR) is 144 cm³/mol. The highest BCUT2D eigenvalue weighted by atomic mass is 19.2. The highest BCUT2D eigenvalue weighted by Crippen LogP contribution is 2.30. The van der Waals surface area contributed by atoms with Gasteiger partial charge in [0.15, 0.2) is 17.4 Å². The van der Waals surface area contributed by atoms with Crippen molar-refractivity contribution < 1.29 is 32.3 Å². The first-order valence-corrected chi connectivity index (χ1v) is 13.0. The fourth-order valence-electron chi connectivity index (χ4n) is 4.59. The second-order valence-electron chi connectivity index (χ2n) is 9.58. The van der Waals surface area contributed by atoms with Crippen molar-refractivity contribution in [3.63, 3.8) is 0 Å². The van der Waals surface area contributed by atoms with Gasteiger partial charge >= 0.3 is 0 Å². The molecule has 0 unspecified atom stereocenters. The molecular weight excluding hydrogens is 523 g/mol. The van der Waals surface area contributed by atoms with Crippen molar-refractivity contribution in [2.45, 2.75) is 32.6 Å². The lowest BCUT2D eigenvalue weighted by Gasteiger charge is -2.32. The van der Waals surface area contributed by atoms with Crippen molar-refractivity contribution in [1.29, 1.82) is 0 Å². The smallest absolute Gasteiger partial charge is 0.258 e. The maximum atomic E-state index is 14.6. The van der Waals surface area contributed by atoms with Crippen molar-refractivity contribution in [2.75, 3.05) is 31.6 Å². The number of aryl methyl sites for hydroxylation is 1. The summed E-state index contributed by atoms with van der Waals surface area (Å²) < 4.78 is 47.2. The van der Waals surface area contributed by atoms with Gasteiger partial charge in [0.2, 0.25) is 11.7 Å². The molecule has 0 aliphatic carbocycles. The van der Waals surface area contributed by atoms with E-state index in [1.807, 2.05) is 31.2 Å². The average molecular weight is 554 g/mol. The van der Waals surface area contributed by atoms with Gasteiger partial charge in [-0.05, 0) is 68.5 Å². The van der Waals surface area contributed by atoms with E-state index in [2.05, 4.69) is 10.6 Å². The van der Waals surface area contributed by atoms with Crippen LogP contribution in [-0.2, 0) is 4.79 Å². The van der Waals surface area contributed by atoms with E-state index in [1.165, 1.54) is 6.92 Å². The lowest BCUT2D eigenvalue weighted by molar-refractivity contribution is -0.131. The number of benzene rings is 3. The molecule has 4 rings (SSSR count). The molecule has 0 radical (unpaired) electrons. The molecule has 210 valence electrons. The van der Waals surface area contributed by atoms with E-state index < -0.39 is 34.7 Å². The standard InChI is InChI=1S/C30H30F3N3O4/c1-3-40-28-26(32)23(16-24(31)27(28)33)30(39)35-22-10-8-19(9-11-22)20-12-14-36(15-13-20)25(37)17-34-29(38)21-6-4-18(2)5-7-21/h4-11,16,20H,3,12-15,17H2,1-2H3,(H,34,38)(H,35,39). The van der Waals surface area contributed by atoms with Crippen LogP contribution in [0.4, 0.5) is 18.9 Å². The van der Waals surface area contributed by atoms with Crippen LogP contribution in [0.2, 0.25) is 0 Å². The Morgan fingerprint density at radius 3 is 2.20 bits per heavy atom. The number of ether oxygens (including phenoxy) is 1. The Kier molecular flexibility index (Phi) is 9.08. The van der Waals surface area contributed by atoms with Gasteiger partial charge in [-0.3, -0.25) is 14.4 Å². The van der Waals surface area contributed by atoms with Crippen LogP contribution in [0.25, 0.3) is 0 Å². The Labute approximate surface area is 230 Å². The minimum Gasteiger partial charge on any atom is -0.488 e. The molecule has 0 atom stereocenters. The lowest BCUT2D eigenvalue weighted by Crippen LogP contribution is -2.43. The third kappa shape index (κ3) is 6.62. The highest BCUT2D eigenvalue weighted by Gasteiger charge is 2.26. The number of hydrogen-bond acceptors (Lipinski definition) is 4. The molecule has 0 aromatic heterocycles. The molecule has 1 saturated heterocycles. The van der Waals surface area contributed by atoms with E-state index in [-0.39, 0.29) is 30.9 Å². The van der Waals surface area contributed by atoms with Gasteiger partial charge < -0.3 is 20.3 Å². The molecule has 3 aromatic carbocycles. The molecule has 1 heterocycles. The summed E-state index contributed by atoms with van der Waals surface area (Å²) in [6.07, 6.45) is 1.45. The fourth-order valence-corrected chi connectivity index (χ4v) is 4.59. The van der Waals surface area contributed by atoms with Gasteiger partial charge in [-0.1, -0.05) is 29.8 Å². The number of rotatable bonds is 8. The quantitative estimate of drug-likeness (QED) is 0.376. The van der Waals surface area contributed by atoms with Crippen LogP contribution in [0, 0.1) is 24.4 Å². The first-order chi connectivity index (χ1) is 19.2. The van der Waals surface area contributed by atoms with E-state index in [9.17, 15) is 27.6 Å². The van der Waals surface area contributed by atoms with Gasteiger partial charge in [0.05, 0.1) is 18.7 Å². The molecule has 0 saturated carbocycles. The predicted octanol–water partition coefficient (Wildman–Crippen LogP) is 5.20. The highest BCUT2D eigenvalue weighted by molar-refractivity contribution is 6.04. The Hall–Kier alpha value is -4.34. The Bertz CT molecular complexity index is 1390.